The largest absolute Gasteiger partial charge is 0.484 e. The van der Waals surface area contributed by atoms with Gasteiger partial charge in [-0.15, -0.1) is 0 Å². The molecule has 1 amide bonds. The zero-order valence-electron chi connectivity index (χ0n) is 14.0. The summed E-state index contributed by atoms with van der Waals surface area (Å²) >= 11 is 0. The monoisotopic (exact) mass is 336 g/mol. The molecule has 2 aromatic carbocycles. The lowest BCUT2D eigenvalue weighted by Gasteiger charge is -2.08. The summed E-state index contributed by atoms with van der Waals surface area (Å²) in [4.78, 5) is 26.8. The fourth-order valence-corrected chi connectivity index (χ4v) is 2.62. The average Bonchev–Trinajstić information content (AvgIpc) is 2.60. The number of aromatic amines is 1. The number of benzene rings is 2. The average molecular weight is 336 g/mol. The minimum Gasteiger partial charge on any atom is -0.484 e. The van der Waals surface area contributed by atoms with Crippen molar-refractivity contribution in [3.05, 3.63) is 76.1 Å². The summed E-state index contributed by atoms with van der Waals surface area (Å²) in [5, 5.41) is 3.75. The number of pyridine rings is 1. The van der Waals surface area contributed by atoms with E-state index in [2.05, 4.69) is 10.3 Å². The van der Waals surface area contributed by atoms with Crippen LogP contribution in [0.5, 0.6) is 5.75 Å². The second-order valence-electron chi connectivity index (χ2n) is 5.92. The van der Waals surface area contributed by atoms with Crippen LogP contribution >= 0.6 is 0 Å². The molecule has 5 heteroatoms. The van der Waals surface area contributed by atoms with Crippen molar-refractivity contribution in [1.29, 1.82) is 0 Å². The number of aromatic nitrogens is 1. The summed E-state index contributed by atoms with van der Waals surface area (Å²) in [6, 6.07) is 17.0. The zero-order valence-corrected chi connectivity index (χ0v) is 14.0. The Labute approximate surface area is 145 Å². The second-order valence-corrected chi connectivity index (χ2v) is 5.92. The van der Waals surface area contributed by atoms with Gasteiger partial charge in [0.15, 0.2) is 6.61 Å². The van der Waals surface area contributed by atoms with Gasteiger partial charge in [0, 0.05) is 17.6 Å². The van der Waals surface area contributed by atoms with E-state index in [1.807, 2.05) is 61.5 Å². The van der Waals surface area contributed by atoms with Crippen LogP contribution in [0.15, 0.2) is 59.4 Å². The minimum absolute atomic E-state index is 0.0441. The summed E-state index contributed by atoms with van der Waals surface area (Å²) in [7, 11) is 0. The van der Waals surface area contributed by atoms with E-state index in [4.69, 9.17) is 4.74 Å². The van der Waals surface area contributed by atoms with Crippen LogP contribution in [-0.4, -0.2) is 24.0 Å². The Hall–Kier alpha value is -3.08. The molecule has 0 spiro atoms. The minimum atomic E-state index is -0.210. The van der Waals surface area contributed by atoms with Crippen LogP contribution in [0.3, 0.4) is 0 Å². The molecular formula is C20H20N2O3. The third-order valence-electron chi connectivity index (χ3n) is 3.91. The van der Waals surface area contributed by atoms with E-state index < -0.39 is 0 Å². The summed E-state index contributed by atoms with van der Waals surface area (Å²) in [6.07, 6.45) is 0.469. The van der Waals surface area contributed by atoms with E-state index in [1.54, 1.807) is 0 Å². The predicted octanol–water partition coefficient (Wildman–Crippen LogP) is 2.57. The maximum atomic E-state index is 12.1. The van der Waals surface area contributed by atoms with Crippen LogP contribution in [0.2, 0.25) is 0 Å². The van der Waals surface area contributed by atoms with Crippen molar-refractivity contribution >= 4 is 16.8 Å². The number of ether oxygens (including phenoxy) is 1. The Bertz CT molecular complexity index is 947. The number of amides is 1. The lowest BCUT2D eigenvalue weighted by molar-refractivity contribution is -0.123. The number of carbonyl (C=O) groups is 1. The number of aryl methyl sites for hydroxylation is 1. The molecular weight excluding hydrogens is 316 g/mol. The number of carbonyl (C=O) groups excluding carboxylic acids is 1. The first kappa shape index (κ1) is 16.8. The molecule has 0 bridgehead atoms. The SMILES string of the molecule is Cc1cccc(OCC(=O)NCCc2cc3ccccc3[nH]c2=O)c1. The molecule has 128 valence electrons. The summed E-state index contributed by atoms with van der Waals surface area (Å²) in [5.74, 6) is 0.458. The van der Waals surface area contributed by atoms with Gasteiger partial charge in [0.2, 0.25) is 0 Å². The highest BCUT2D eigenvalue weighted by atomic mass is 16.5. The molecule has 1 heterocycles. The van der Waals surface area contributed by atoms with Crippen LogP contribution in [0.1, 0.15) is 11.1 Å². The molecule has 3 rings (SSSR count). The van der Waals surface area contributed by atoms with Gasteiger partial charge in [0.1, 0.15) is 5.75 Å². The van der Waals surface area contributed by atoms with Crippen LogP contribution < -0.4 is 15.6 Å². The Morgan fingerprint density at radius 3 is 2.80 bits per heavy atom. The molecule has 0 atom stereocenters. The van der Waals surface area contributed by atoms with Gasteiger partial charge in [-0.2, -0.15) is 0 Å². The van der Waals surface area contributed by atoms with Gasteiger partial charge in [-0.3, -0.25) is 9.59 Å². The van der Waals surface area contributed by atoms with Gasteiger partial charge in [0.05, 0.1) is 0 Å². The van der Waals surface area contributed by atoms with E-state index >= 15 is 0 Å². The molecule has 0 aliphatic carbocycles. The number of hydrogen-bond donors (Lipinski definition) is 2. The fourth-order valence-electron chi connectivity index (χ4n) is 2.62. The van der Waals surface area contributed by atoms with Crippen molar-refractivity contribution in [2.75, 3.05) is 13.2 Å². The van der Waals surface area contributed by atoms with Crippen LogP contribution in [0, 0.1) is 6.92 Å². The van der Waals surface area contributed by atoms with Crippen LogP contribution in [0.4, 0.5) is 0 Å². The third kappa shape index (κ3) is 4.47. The van der Waals surface area contributed by atoms with Gasteiger partial charge in [0.25, 0.3) is 11.5 Å². The smallest absolute Gasteiger partial charge is 0.257 e. The zero-order chi connectivity index (χ0) is 17.6. The molecule has 0 unspecified atom stereocenters. The van der Waals surface area contributed by atoms with Gasteiger partial charge >= 0.3 is 0 Å². The standard InChI is InChI=1S/C20H20N2O3/c1-14-5-4-7-17(11-14)25-13-19(23)21-10-9-16-12-15-6-2-3-8-18(15)22-20(16)24/h2-8,11-12H,9-10,13H2,1H3,(H,21,23)(H,22,24). The van der Waals surface area contributed by atoms with Crippen LogP contribution in [-0.2, 0) is 11.2 Å². The van der Waals surface area contributed by atoms with E-state index in [-0.39, 0.29) is 18.1 Å². The normalized spacial score (nSPS) is 10.6. The molecule has 2 N–H and O–H groups in total. The van der Waals surface area contributed by atoms with E-state index in [9.17, 15) is 9.59 Å². The van der Waals surface area contributed by atoms with Gasteiger partial charge < -0.3 is 15.0 Å². The molecule has 3 aromatic rings. The summed E-state index contributed by atoms with van der Waals surface area (Å²) in [6.45, 7) is 2.31. The van der Waals surface area contributed by atoms with Crippen molar-refractivity contribution in [2.45, 2.75) is 13.3 Å². The first-order chi connectivity index (χ1) is 12.1. The van der Waals surface area contributed by atoms with E-state index in [0.29, 0.717) is 24.3 Å². The molecule has 0 fully saturated rings. The Balaban J connectivity index is 1.51. The second kappa shape index (κ2) is 7.66. The van der Waals surface area contributed by atoms with Crippen molar-refractivity contribution in [1.82, 2.24) is 10.3 Å². The van der Waals surface area contributed by atoms with E-state index in [0.717, 1.165) is 16.5 Å². The molecule has 0 radical (unpaired) electrons. The van der Waals surface area contributed by atoms with Crippen molar-refractivity contribution in [2.24, 2.45) is 0 Å². The highest BCUT2D eigenvalue weighted by Crippen LogP contribution is 2.12. The number of hydrogen-bond acceptors (Lipinski definition) is 3. The first-order valence-corrected chi connectivity index (χ1v) is 8.19. The molecule has 0 saturated carbocycles. The Morgan fingerprint density at radius 2 is 1.96 bits per heavy atom. The highest BCUT2D eigenvalue weighted by Gasteiger charge is 2.06. The molecule has 0 aliphatic heterocycles. The molecule has 0 aliphatic rings. The maximum absolute atomic E-state index is 12.1. The number of H-pyrrole nitrogens is 1. The van der Waals surface area contributed by atoms with Gasteiger partial charge in [-0.05, 0) is 48.6 Å². The fraction of sp³-hybridized carbons (Fsp3) is 0.200. The van der Waals surface area contributed by atoms with Gasteiger partial charge in [-0.1, -0.05) is 30.3 Å². The van der Waals surface area contributed by atoms with Crippen LogP contribution in [0.25, 0.3) is 10.9 Å². The molecule has 5 nitrogen and oxygen atoms in total. The number of fused-ring (bicyclic) bond motifs is 1. The highest BCUT2D eigenvalue weighted by molar-refractivity contribution is 5.79. The topological polar surface area (TPSA) is 71.2 Å². The van der Waals surface area contributed by atoms with Crippen molar-refractivity contribution < 1.29 is 9.53 Å². The first-order valence-electron chi connectivity index (χ1n) is 8.19. The molecule has 0 saturated heterocycles. The lowest BCUT2D eigenvalue weighted by Crippen LogP contribution is -2.31. The molecule has 25 heavy (non-hydrogen) atoms. The predicted molar refractivity (Wildman–Crippen MR) is 98.0 cm³/mol. The van der Waals surface area contributed by atoms with Crippen molar-refractivity contribution in [3.8, 4) is 5.75 Å². The molecule has 1 aromatic heterocycles. The number of para-hydroxylation sites is 1. The van der Waals surface area contributed by atoms with Crippen molar-refractivity contribution in [3.63, 3.8) is 0 Å². The van der Waals surface area contributed by atoms with Gasteiger partial charge in [-0.25, -0.2) is 0 Å². The number of nitrogens with one attached hydrogen (secondary N) is 2. The maximum Gasteiger partial charge on any atom is 0.257 e. The van der Waals surface area contributed by atoms with E-state index in [1.165, 1.54) is 0 Å². The third-order valence-corrected chi connectivity index (χ3v) is 3.91. The lowest BCUT2D eigenvalue weighted by atomic mass is 10.1. The quantitative estimate of drug-likeness (QED) is 0.727. The number of rotatable bonds is 6. The Morgan fingerprint density at radius 1 is 1.12 bits per heavy atom. The summed E-state index contributed by atoms with van der Waals surface area (Å²) < 4.78 is 5.45. The Kier molecular flexibility index (Phi) is 5.14. The summed E-state index contributed by atoms with van der Waals surface area (Å²) in [5.41, 5.74) is 2.42.